The molecule has 0 unspecified atom stereocenters. The Morgan fingerprint density at radius 2 is 2.23 bits per heavy atom. The summed E-state index contributed by atoms with van der Waals surface area (Å²) in [4.78, 5) is 3.91. The van der Waals surface area contributed by atoms with E-state index in [2.05, 4.69) is 10.4 Å². The number of benzene rings is 1. The maximum Gasteiger partial charge on any atom is 0.142 e. The van der Waals surface area contributed by atoms with Crippen LogP contribution in [0.2, 0.25) is 0 Å². The van der Waals surface area contributed by atoms with Crippen molar-refractivity contribution in [1.29, 1.82) is 0 Å². The molecular weight excluding hydrogens is 169 g/mol. The molecule has 0 fully saturated rings. The van der Waals surface area contributed by atoms with Crippen LogP contribution in [0.3, 0.4) is 0 Å². The molecule has 3 N–H and O–H groups in total. The SMILES string of the molecule is CN=C(NN)c1ccc(F)c(C)c1. The summed E-state index contributed by atoms with van der Waals surface area (Å²) in [6.07, 6.45) is 0. The van der Waals surface area contributed by atoms with Gasteiger partial charge in [-0.25, -0.2) is 10.2 Å². The van der Waals surface area contributed by atoms with E-state index < -0.39 is 0 Å². The Balaban J connectivity index is 3.10. The van der Waals surface area contributed by atoms with Crippen molar-refractivity contribution in [2.75, 3.05) is 7.05 Å². The first-order chi connectivity index (χ1) is 6.19. The number of nitrogens with one attached hydrogen (secondary N) is 1. The van der Waals surface area contributed by atoms with Crippen LogP contribution in [0.1, 0.15) is 11.1 Å². The van der Waals surface area contributed by atoms with E-state index in [4.69, 9.17) is 5.84 Å². The van der Waals surface area contributed by atoms with Gasteiger partial charge in [-0.05, 0) is 30.7 Å². The fourth-order valence-electron chi connectivity index (χ4n) is 1.07. The molecule has 0 spiro atoms. The van der Waals surface area contributed by atoms with Crippen LogP contribution >= 0.6 is 0 Å². The minimum Gasteiger partial charge on any atom is -0.308 e. The molecule has 0 amide bonds. The third-order valence-electron chi connectivity index (χ3n) is 1.79. The molecule has 0 aliphatic rings. The molecular formula is C9H12FN3. The molecule has 0 radical (unpaired) electrons. The summed E-state index contributed by atoms with van der Waals surface area (Å²) in [5.41, 5.74) is 3.80. The maximum absolute atomic E-state index is 12.9. The standard InChI is InChI=1S/C9H12FN3/c1-6-5-7(3-4-8(6)10)9(12-2)13-11/h3-5H,11H2,1-2H3,(H,12,13). The van der Waals surface area contributed by atoms with Crippen molar-refractivity contribution in [3.8, 4) is 0 Å². The molecule has 0 aliphatic heterocycles. The lowest BCUT2D eigenvalue weighted by molar-refractivity contribution is 0.618. The first-order valence-electron chi connectivity index (χ1n) is 3.89. The molecule has 0 aromatic heterocycles. The number of aryl methyl sites for hydroxylation is 1. The number of hydrazine groups is 1. The normalized spacial score (nSPS) is 11.5. The topological polar surface area (TPSA) is 50.4 Å². The van der Waals surface area contributed by atoms with E-state index in [0.29, 0.717) is 11.4 Å². The van der Waals surface area contributed by atoms with Crippen molar-refractivity contribution in [3.63, 3.8) is 0 Å². The summed E-state index contributed by atoms with van der Waals surface area (Å²) in [5.74, 6) is 5.55. The molecule has 0 bridgehead atoms. The number of nitrogens with two attached hydrogens (primary N) is 1. The van der Waals surface area contributed by atoms with Crippen molar-refractivity contribution in [1.82, 2.24) is 5.43 Å². The molecule has 1 rings (SSSR count). The third-order valence-corrected chi connectivity index (χ3v) is 1.79. The first kappa shape index (κ1) is 9.67. The lowest BCUT2D eigenvalue weighted by Gasteiger charge is -2.05. The quantitative estimate of drug-likeness (QED) is 0.293. The number of aliphatic imine (C=N–C) groups is 1. The molecule has 3 nitrogen and oxygen atoms in total. The van der Waals surface area contributed by atoms with Crippen molar-refractivity contribution < 1.29 is 4.39 Å². The molecule has 1 aromatic carbocycles. The Kier molecular flexibility index (Phi) is 2.97. The zero-order chi connectivity index (χ0) is 9.84. The van der Waals surface area contributed by atoms with Crippen molar-refractivity contribution in [2.24, 2.45) is 10.8 Å². The lowest BCUT2D eigenvalue weighted by Crippen LogP contribution is -2.31. The highest BCUT2D eigenvalue weighted by Gasteiger charge is 2.02. The molecule has 0 aliphatic carbocycles. The van der Waals surface area contributed by atoms with Gasteiger partial charge in [0.05, 0.1) is 0 Å². The number of hydrogen-bond donors (Lipinski definition) is 2. The maximum atomic E-state index is 12.9. The summed E-state index contributed by atoms with van der Waals surface area (Å²) >= 11 is 0. The monoisotopic (exact) mass is 181 g/mol. The number of hydrogen-bond acceptors (Lipinski definition) is 2. The van der Waals surface area contributed by atoms with Gasteiger partial charge in [0.15, 0.2) is 0 Å². The van der Waals surface area contributed by atoms with Crippen LogP contribution in [-0.4, -0.2) is 12.9 Å². The highest BCUT2D eigenvalue weighted by Crippen LogP contribution is 2.08. The van der Waals surface area contributed by atoms with Gasteiger partial charge in [0, 0.05) is 12.6 Å². The molecule has 13 heavy (non-hydrogen) atoms. The zero-order valence-corrected chi connectivity index (χ0v) is 7.63. The van der Waals surface area contributed by atoms with Crippen LogP contribution in [0, 0.1) is 12.7 Å². The van der Waals surface area contributed by atoms with Crippen LogP contribution in [0.25, 0.3) is 0 Å². The summed E-state index contributed by atoms with van der Waals surface area (Å²) in [7, 11) is 1.62. The minimum atomic E-state index is -0.226. The average Bonchev–Trinajstić information content (AvgIpc) is 2.13. The minimum absolute atomic E-state index is 0.226. The van der Waals surface area contributed by atoms with Gasteiger partial charge in [-0.3, -0.25) is 4.99 Å². The second-order valence-electron chi connectivity index (χ2n) is 2.68. The van der Waals surface area contributed by atoms with Crippen molar-refractivity contribution in [3.05, 3.63) is 35.1 Å². The smallest absolute Gasteiger partial charge is 0.142 e. The summed E-state index contributed by atoms with van der Waals surface area (Å²) in [6.45, 7) is 1.70. The molecule has 0 saturated carbocycles. The van der Waals surface area contributed by atoms with Gasteiger partial charge in [0.2, 0.25) is 0 Å². The van der Waals surface area contributed by atoms with Crippen LogP contribution in [0.5, 0.6) is 0 Å². The Labute approximate surface area is 76.4 Å². The Morgan fingerprint density at radius 1 is 1.54 bits per heavy atom. The molecule has 0 heterocycles. The summed E-state index contributed by atoms with van der Waals surface area (Å²) in [5, 5.41) is 0. The average molecular weight is 181 g/mol. The van der Waals surface area contributed by atoms with Crippen molar-refractivity contribution in [2.45, 2.75) is 6.92 Å². The predicted octanol–water partition coefficient (Wildman–Crippen LogP) is 0.974. The van der Waals surface area contributed by atoms with Crippen LogP contribution in [-0.2, 0) is 0 Å². The first-order valence-corrected chi connectivity index (χ1v) is 3.89. The van der Waals surface area contributed by atoms with E-state index in [0.717, 1.165) is 5.56 Å². The summed E-state index contributed by atoms with van der Waals surface area (Å²) < 4.78 is 12.9. The van der Waals surface area contributed by atoms with Crippen LogP contribution < -0.4 is 11.3 Å². The van der Waals surface area contributed by atoms with E-state index in [1.54, 1.807) is 26.1 Å². The second-order valence-corrected chi connectivity index (χ2v) is 2.68. The zero-order valence-electron chi connectivity index (χ0n) is 7.63. The number of amidine groups is 1. The predicted molar refractivity (Wildman–Crippen MR) is 50.9 cm³/mol. The van der Waals surface area contributed by atoms with Gasteiger partial charge >= 0.3 is 0 Å². The molecule has 0 saturated heterocycles. The fourth-order valence-corrected chi connectivity index (χ4v) is 1.07. The van der Waals surface area contributed by atoms with Crippen molar-refractivity contribution >= 4 is 5.84 Å². The number of halogens is 1. The van der Waals surface area contributed by atoms with E-state index in [9.17, 15) is 4.39 Å². The van der Waals surface area contributed by atoms with E-state index in [1.165, 1.54) is 6.07 Å². The van der Waals surface area contributed by atoms with Gasteiger partial charge in [-0.15, -0.1) is 0 Å². The van der Waals surface area contributed by atoms with E-state index >= 15 is 0 Å². The number of nitrogens with zero attached hydrogens (tertiary/aromatic N) is 1. The van der Waals surface area contributed by atoms with Gasteiger partial charge in [0.1, 0.15) is 11.7 Å². The Morgan fingerprint density at radius 3 is 2.69 bits per heavy atom. The highest BCUT2D eigenvalue weighted by molar-refractivity contribution is 5.98. The lowest BCUT2D eigenvalue weighted by atomic mass is 10.1. The van der Waals surface area contributed by atoms with Gasteiger partial charge in [0.25, 0.3) is 0 Å². The molecule has 70 valence electrons. The van der Waals surface area contributed by atoms with E-state index in [1.807, 2.05) is 0 Å². The molecule has 4 heteroatoms. The Bertz CT molecular complexity index is 334. The van der Waals surface area contributed by atoms with E-state index in [-0.39, 0.29) is 5.82 Å². The third kappa shape index (κ3) is 2.03. The largest absolute Gasteiger partial charge is 0.308 e. The Hall–Kier alpha value is -1.42. The van der Waals surface area contributed by atoms with Gasteiger partial charge in [-0.2, -0.15) is 0 Å². The number of rotatable bonds is 1. The van der Waals surface area contributed by atoms with Gasteiger partial charge in [-0.1, -0.05) is 0 Å². The van der Waals surface area contributed by atoms with Gasteiger partial charge < -0.3 is 5.43 Å². The second kappa shape index (κ2) is 4.00. The van der Waals surface area contributed by atoms with Crippen LogP contribution in [0.4, 0.5) is 4.39 Å². The van der Waals surface area contributed by atoms with Crippen LogP contribution in [0.15, 0.2) is 23.2 Å². The molecule has 0 atom stereocenters. The summed E-state index contributed by atoms with van der Waals surface area (Å²) in [6, 6.07) is 4.72. The molecule has 1 aromatic rings. The highest BCUT2D eigenvalue weighted by atomic mass is 19.1. The fraction of sp³-hybridized carbons (Fsp3) is 0.222.